The molecular formula is C13H17Cl2NO2S. The van der Waals surface area contributed by atoms with Crippen molar-refractivity contribution in [3.63, 3.8) is 0 Å². The van der Waals surface area contributed by atoms with Crippen LogP contribution in [-0.2, 0) is 0 Å². The fourth-order valence-electron chi connectivity index (χ4n) is 2.55. The zero-order valence-corrected chi connectivity index (χ0v) is 12.9. The van der Waals surface area contributed by atoms with Gasteiger partial charge in [-0.1, -0.05) is 42.5 Å². The molecule has 0 saturated heterocycles. The Labute approximate surface area is 126 Å². The quantitative estimate of drug-likeness (QED) is 0.887. The van der Waals surface area contributed by atoms with Crippen LogP contribution >= 0.6 is 34.5 Å². The van der Waals surface area contributed by atoms with Crippen molar-refractivity contribution in [1.82, 2.24) is 5.32 Å². The predicted octanol–water partition coefficient (Wildman–Crippen LogP) is 3.73. The number of aliphatic hydroxyl groups is 1. The van der Waals surface area contributed by atoms with E-state index >= 15 is 0 Å². The predicted molar refractivity (Wildman–Crippen MR) is 79.3 cm³/mol. The molecule has 1 amide bonds. The molecule has 1 heterocycles. The summed E-state index contributed by atoms with van der Waals surface area (Å²) >= 11 is 13.0. The van der Waals surface area contributed by atoms with Gasteiger partial charge in [-0.2, -0.15) is 0 Å². The minimum absolute atomic E-state index is 0.116. The molecule has 0 atom stereocenters. The third kappa shape index (κ3) is 3.63. The van der Waals surface area contributed by atoms with Crippen LogP contribution in [0.5, 0.6) is 0 Å². The summed E-state index contributed by atoms with van der Waals surface area (Å²) in [6, 6.07) is 1.58. The van der Waals surface area contributed by atoms with Crippen LogP contribution in [-0.4, -0.2) is 24.2 Å². The van der Waals surface area contributed by atoms with Crippen molar-refractivity contribution in [2.75, 3.05) is 13.2 Å². The number of amides is 1. The summed E-state index contributed by atoms with van der Waals surface area (Å²) in [5.41, 5.74) is 0.251. The molecule has 1 saturated carbocycles. The summed E-state index contributed by atoms with van der Waals surface area (Å²) in [6.07, 6.45) is 5.36. The molecule has 0 bridgehead atoms. The molecule has 1 aromatic rings. The highest BCUT2D eigenvalue weighted by atomic mass is 35.5. The Balaban J connectivity index is 1.97. The van der Waals surface area contributed by atoms with Crippen molar-refractivity contribution in [3.05, 3.63) is 20.3 Å². The number of rotatable bonds is 4. The molecule has 106 valence electrons. The van der Waals surface area contributed by atoms with Crippen LogP contribution in [0.1, 0.15) is 42.5 Å². The van der Waals surface area contributed by atoms with Crippen molar-refractivity contribution < 1.29 is 9.90 Å². The number of hydrogen-bond donors (Lipinski definition) is 2. The van der Waals surface area contributed by atoms with Crippen LogP contribution in [0.15, 0.2) is 6.07 Å². The third-order valence-electron chi connectivity index (χ3n) is 3.77. The molecule has 0 aliphatic heterocycles. The molecule has 0 spiro atoms. The van der Waals surface area contributed by atoms with E-state index in [4.69, 9.17) is 23.2 Å². The van der Waals surface area contributed by atoms with Gasteiger partial charge in [0.2, 0.25) is 0 Å². The van der Waals surface area contributed by atoms with Crippen LogP contribution in [0, 0.1) is 5.41 Å². The second kappa shape index (κ2) is 6.44. The van der Waals surface area contributed by atoms with E-state index in [1.165, 1.54) is 17.8 Å². The topological polar surface area (TPSA) is 49.3 Å². The van der Waals surface area contributed by atoms with Crippen LogP contribution in [0.3, 0.4) is 0 Å². The lowest BCUT2D eigenvalue weighted by Gasteiger charge is -2.35. The molecule has 1 aromatic heterocycles. The number of aliphatic hydroxyl groups excluding tert-OH is 1. The van der Waals surface area contributed by atoms with Crippen LogP contribution in [0.25, 0.3) is 0 Å². The number of carbonyl (C=O) groups is 1. The monoisotopic (exact) mass is 321 g/mol. The second-order valence-electron chi connectivity index (χ2n) is 5.14. The first-order chi connectivity index (χ1) is 9.06. The Morgan fingerprint density at radius 1 is 1.37 bits per heavy atom. The summed E-state index contributed by atoms with van der Waals surface area (Å²) < 4.78 is 0.911. The van der Waals surface area contributed by atoms with Gasteiger partial charge in [0.15, 0.2) is 0 Å². The largest absolute Gasteiger partial charge is 0.396 e. The van der Waals surface area contributed by atoms with Gasteiger partial charge in [0, 0.05) is 12.0 Å². The third-order valence-corrected chi connectivity index (χ3v) is 5.26. The Kier molecular flexibility index (Phi) is 5.12. The molecule has 1 aliphatic rings. The van der Waals surface area contributed by atoms with Gasteiger partial charge in [-0.15, -0.1) is 11.3 Å². The van der Waals surface area contributed by atoms with Gasteiger partial charge >= 0.3 is 0 Å². The first kappa shape index (κ1) is 15.1. The van der Waals surface area contributed by atoms with Gasteiger partial charge in [-0.25, -0.2) is 0 Å². The van der Waals surface area contributed by atoms with E-state index in [1.807, 2.05) is 0 Å². The molecular weight excluding hydrogens is 305 g/mol. The Bertz CT molecular complexity index is 455. The summed E-state index contributed by atoms with van der Waals surface area (Å²) in [7, 11) is 0. The fourth-order valence-corrected chi connectivity index (χ4v) is 4.01. The SMILES string of the molecule is O=C(NCC1(CO)CCCCC1)c1cc(Cl)sc1Cl. The maximum atomic E-state index is 12.1. The first-order valence-electron chi connectivity index (χ1n) is 6.40. The zero-order valence-electron chi connectivity index (χ0n) is 10.5. The second-order valence-corrected chi connectivity index (χ2v) is 7.42. The lowest BCUT2D eigenvalue weighted by molar-refractivity contribution is 0.0718. The Morgan fingerprint density at radius 3 is 2.58 bits per heavy atom. The summed E-state index contributed by atoms with van der Waals surface area (Å²) in [5.74, 6) is -0.216. The van der Waals surface area contributed by atoms with E-state index in [9.17, 15) is 9.90 Å². The van der Waals surface area contributed by atoms with Crippen LogP contribution in [0.4, 0.5) is 0 Å². The molecule has 6 heteroatoms. The zero-order chi connectivity index (χ0) is 13.9. The van der Waals surface area contributed by atoms with Crippen molar-refractivity contribution in [2.24, 2.45) is 5.41 Å². The summed E-state index contributed by atoms with van der Waals surface area (Å²) in [5, 5.41) is 12.5. The average molecular weight is 322 g/mol. The molecule has 0 aromatic carbocycles. The highest BCUT2D eigenvalue weighted by Crippen LogP contribution is 2.35. The molecule has 1 aliphatic carbocycles. The van der Waals surface area contributed by atoms with Crippen molar-refractivity contribution >= 4 is 40.4 Å². The van der Waals surface area contributed by atoms with Crippen molar-refractivity contribution in [3.8, 4) is 0 Å². The van der Waals surface area contributed by atoms with Gasteiger partial charge in [-0.05, 0) is 18.9 Å². The minimum Gasteiger partial charge on any atom is -0.396 e. The lowest BCUT2D eigenvalue weighted by Crippen LogP contribution is -2.41. The normalized spacial score (nSPS) is 18.3. The molecule has 1 fully saturated rings. The maximum Gasteiger partial charge on any atom is 0.253 e. The number of hydrogen-bond acceptors (Lipinski definition) is 3. The summed E-state index contributed by atoms with van der Waals surface area (Å²) in [6.45, 7) is 0.609. The number of thiophene rings is 1. The van der Waals surface area contributed by atoms with E-state index in [-0.39, 0.29) is 17.9 Å². The van der Waals surface area contributed by atoms with Crippen LogP contribution < -0.4 is 5.32 Å². The van der Waals surface area contributed by atoms with E-state index in [0.717, 1.165) is 25.7 Å². The highest BCUT2D eigenvalue weighted by molar-refractivity contribution is 7.20. The number of halogens is 2. The molecule has 2 N–H and O–H groups in total. The smallest absolute Gasteiger partial charge is 0.253 e. The van der Waals surface area contributed by atoms with E-state index in [1.54, 1.807) is 6.07 Å². The highest BCUT2D eigenvalue weighted by Gasteiger charge is 2.32. The molecule has 2 rings (SSSR count). The van der Waals surface area contributed by atoms with E-state index in [0.29, 0.717) is 20.8 Å². The van der Waals surface area contributed by atoms with Gasteiger partial charge in [0.1, 0.15) is 4.34 Å². The van der Waals surface area contributed by atoms with Gasteiger partial charge < -0.3 is 10.4 Å². The molecule has 0 unspecified atom stereocenters. The number of nitrogens with one attached hydrogen (secondary N) is 1. The van der Waals surface area contributed by atoms with Crippen LogP contribution in [0.2, 0.25) is 8.67 Å². The van der Waals surface area contributed by atoms with Crippen molar-refractivity contribution in [1.29, 1.82) is 0 Å². The Morgan fingerprint density at radius 2 is 2.05 bits per heavy atom. The van der Waals surface area contributed by atoms with Gasteiger partial charge in [-0.3, -0.25) is 4.79 Å². The fraction of sp³-hybridized carbons (Fsp3) is 0.615. The van der Waals surface area contributed by atoms with E-state index in [2.05, 4.69) is 5.32 Å². The molecule has 3 nitrogen and oxygen atoms in total. The van der Waals surface area contributed by atoms with Crippen molar-refractivity contribution in [2.45, 2.75) is 32.1 Å². The minimum atomic E-state index is -0.216. The Hall–Kier alpha value is -0.290. The molecule has 0 radical (unpaired) electrons. The lowest BCUT2D eigenvalue weighted by atomic mass is 9.74. The molecule has 19 heavy (non-hydrogen) atoms. The first-order valence-corrected chi connectivity index (χ1v) is 7.97. The van der Waals surface area contributed by atoms with Gasteiger partial charge in [0.25, 0.3) is 5.91 Å². The average Bonchev–Trinajstić information content (AvgIpc) is 2.76. The summed E-state index contributed by atoms with van der Waals surface area (Å²) in [4.78, 5) is 12.1. The standard InChI is InChI=1S/C13H17Cl2NO2S/c14-10-6-9(11(15)19-10)12(18)16-7-13(8-17)4-2-1-3-5-13/h6,17H,1-5,7-8H2,(H,16,18). The number of carbonyl (C=O) groups excluding carboxylic acids is 1. The van der Waals surface area contributed by atoms with E-state index < -0.39 is 0 Å². The van der Waals surface area contributed by atoms with Gasteiger partial charge in [0.05, 0.1) is 16.5 Å². The maximum absolute atomic E-state index is 12.1.